The number of amides is 1. The summed E-state index contributed by atoms with van der Waals surface area (Å²) in [6.07, 6.45) is 1.29. The minimum atomic E-state index is 0.200. The van der Waals surface area contributed by atoms with Gasteiger partial charge in [-0.3, -0.25) is 4.79 Å². The molecule has 14 heavy (non-hydrogen) atoms. The summed E-state index contributed by atoms with van der Waals surface area (Å²) in [5, 5.41) is 6.07. The molecule has 2 fully saturated rings. The van der Waals surface area contributed by atoms with Gasteiger partial charge in [0.1, 0.15) is 0 Å². The molecular weight excluding hydrogens is 178 g/mol. The van der Waals surface area contributed by atoms with E-state index in [0.717, 1.165) is 32.1 Å². The number of likely N-dealkylation sites (tertiary alicyclic amines) is 1. The Labute approximate surface area is 85.0 Å². The zero-order valence-electron chi connectivity index (χ0n) is 8.75. The molecule has 4 heteroatoms. The van der Waals surface area contributed by atoms with Crippen molar-refractivity contribution in [2.45, 2.75) is 6.42 Å². The van der Waals surface area contributed by atoms with Crippen molar-refractivity contribution in [1.82, 2.24) is 15.5 Å². The standard InChI is InChI=1S/C10H19N3O/c1-11-10(14)9-6-13(7-9)5-8-2-3-12-4-8/h8-9,12H,2-7H2,1H3,(H,11,14). The Hall–Kier alpha value is -0.610. The van der Waals surface area contributed by atoms with E-state index in [4.69, 9.17) is 0 Å². The molecule has 2 saturated heterocycles. The van der Waals surface area contributed by atoms with Crippen LogP contribution in [0.3, 0.4) is 0 Å². The van der Waals surface area contributed by atoms with E-state index in [2.05, 4.69) is 15.5 Å². The van der Waals surface area contributed by atoms with Crippen LogP contribution in [0.5, 0.6) is 0 Å². The van der Waals surface area contributed by atoms with Gasteiger partial charge >= 0.3 is 0 Å². The third kappa shape index (κ3) is 2.07. The van der Waals surface area contributed by atoms with Gasteiger partial charge in [-0.15, -0.1) is 0 Å². The molecule has 0 aromatic rings. The molecule has 1 amide bonds. The van der Waals surface area contributed by atoms with Crippen molar-refractivity contribution < 1.29 is 4.79 Å². The van der Waals surface area contributed by atoms with E-state index in [-0.39, 0.29) is 11.8 Å². The third-order valence-corrected chi connectivity index (χ3v) is 3.25. The highest BCUT2D eigenvalue weighted by Gasteiger charge is 2.33. The monoisotopic (exact) mass is 197 g/mol. The average Bonchev–Trinajstić information content (AvgIpc) is 2.61. The Morgan fingerprint density at radius 3 is 2.93 bits per heavy atom. The fourth-order valence-corrected chi connectivity index (χ4v) is 2.32. The maximum Gasteiger partial charge on any atom is 0.225 e. The smallest absolute Gasteiger partial charge is 0.225 e. The summed E-state index contributed by atoms with van der Waals surface area (Å²) in [6.45, 7) is 5.39. The third-order valence-electron chi connectivity index (χ3n) is 3.25. The fourth-order valence-electron chi connectivity index (χ4n) is 2.32. The van der Waals surface area contributed by atoms with E-state index in [1.165, 1.54) is 13.0 Å². The number of hydrogen-bond acceptors (Lipinski definition) is 3. The fraction of sp³-hybridized carbons (Fsp3) is 0.900. The first-order chi connectivity index (χ1) is 6.79. The summed E-state index contributed by atoms with van der Waals surface area (Å²) in [5.74, 6) is 1.25. The number of carbonyl (C=O) groups excluding carboxylic acids is 1. The first-order valence-electron chi connectivity index (χ1n) is 5.44. The number of rotatable bonds is 3. The Morgan fingerprint density at radius 1 is 1.57 bits per heavy atom. The molecule has 2 aliphatic rings. The molecule has 0 aliphatic carbocycles. The van der Waals surface area contributed by atoms with E-state index in [1.54, 1.807) is 7.05 Å². The average molecular weight is 197 g/mol. The predicted octanol–water partition coefficient (Wildman–Crippen LogP) is -0.726. The van der Waals surface area contributed by atoms with Crippen molar-refractivity contribution in [1.29, 1.82) is 0 Å². The summed E-state index contributed by atoms with van der Waals surface area (Å²) >= 11 is 0. The molecule has 0 saturated carbocycles. The van der Waals surface area contributed by atoms with Crippen LogP contribution >= 0.6 is 0 Å². The van der Waals surface area contributed by atoms with Crippen LogP contribution in [0.1, 0.15) is 6.42 Å². The lowest BCUT2D eigenvalue weighted by atomic mass is 9.97. The number of carbonyl (C=O) groups is 1. The van der Waals surface area contributed by atoms with Crippen LogP contribution in [-0.2, 0) is 4.79 Å². The minimum Gasteiger partial charge on any atom is -0.359 e. The van der Waals surface area contributed by atoms with Gasteiger partial charge in [-0.2, -0.15) is 0 Å². The second kappa shape index (κ2) is 4.28. The highest BCUT2D eigenvalue weighted by atomic mass is 16.1. The van der Waals surface area contributed by atoms with Gasteiger partial charge in [-0.05, 0) is 25.4 Å². The quantitative estimate of drug-likeness (QED) is 0.627. The lowest BCUT2D eigenvalue weighted by Gasteiger charge is -2.39. The van der Waals surface area contributed by atoms with Gasteiger partial charge < -0.3 is 15.5 Å². The highest BCUT2D eigenvalue weighted by molar-refractivity contribution is 5.79. The molecule has 1 atom stereocenters. The van der Waals surface area contributed by atoms with Crippen molar-refractivity contribution in [2.24, 2.45) is 11.8 Å². The topological polar surface area (TPSA) is 44.4 Å². The van der Waals surface area contributed by atoms with Gasteiger partial charge in [0.2, 0.25) is 5.91 Å². The molecule has 80 valence electrons. The predicted molar refractivity (Wildman–Crippen MR) is 55.0 cm³/mol. The SMILES string of the molecule is CNC(=O)C1CN(CC2CCNC2)C1. The van der Waals surface area contributed by atoms with Gasteiger partial charge in [0.25, 0.3) is 0 Å². The van der Waals surface area contributed by atoms with Gasteiger partial charge in [-0.1, -0.05) is 0 Å². The van der Waals surface area contributed by atoms with Crippen LogP contribution < -0.4 is 10.6 Å². The lowest BCUT2D eigenvalue weighted by Crippen LogP contribution is -2.54. The first-order valence-corrected chi connectivity index (χ1v) is 5.44. The molecular formula is C10H19N3O. The summed E-state index contributed by atoms with van der Waals surface area (Å²) in [5.41, 5.74) is 0. The molecule has 2 heterocycles. The summed E-state index contributed by atoms with van der Waals surface area (Å²) < 4.78 is 0. The van der Waals surface area contributed by atoms with Crippen LogP contribution in [0.15, 0.2) is 0 Å². The van der Waals surface area contributed by atoms with Gasteiger partial charge in [0.05, 0.1) is 5.92 Å². The second-order valence-electron chi connectivity index (χ2n) is 4.39. The molecule has 2 aliphatic heterocycles. The Morgan fingerprint density at radius 2 is 2.36 bits per heavy atom. The molecule has 0 bridgehead atoms. The van der Waals surface area contributed by atoms with E-state index in [9.17, 15) is 4.79 Å². The molecule has 1 unspecified atom stereocenters. The van der Waals surface area contributed by atoms with E-state index in [0.29, 0.717) is 0 Å². The highest BCUT2D eigenvalue weighted by Crippen LogP contribution is 2.19. The maximum atomic E-state index is 11.2. The molecule has 2 N–H and O–H groups in total. The molecule has 4 nitrogen and oxygen atoms in total. The summed E-state index contributed by atoms with van der Waals surface area (Å²) in [7, 11) is 1.71. The molecule has 0 aromatic carbocycles. The van der Waals surface area contributed by atoms with Crippen LogP contribution in [0.2, 0.25) is 0 Å². The van der Waals surface area contributed by atoms with Gasteiger partial charge in [-0.25, -0.2) is 0 Å². The largest absolute Gasteiger partial charge is 0.359 e. The number of nitrogens with one attached hydrogen (secondary N) is 2. The van der Waals surface area contributed by atoms with E-state index >= 15 is 0 Å². The van der Waals surface area contributed by atoms with E-state index < -0.39 is 0 Å². The van der Waals surface area contributed by atoms with Crippen LogP contribution in [-0.4, -0.2) is 50.6 Å². The minimum absolute atomic E-state index is 0.200. The zero-order valence-corrected chi connectivity index (χ0v) is 8.75. The Kier molecular flexibility index (Phi) is 3.03. The van der Waals surface area contributed by atoms with Crippen molar-refractivity contribution in [3.8, 4) is 0 Å². The first kappa shape index (κ1) is 9.93. The normalized spacial score (nSPS) is 28.8. The van der Waals surface area contributed by atoms with Gasteiger partial charge in [0, 0.05) is 26.7 Å². The molecule has 2 rings (SSSR count). The Bertz CT molecular complexity index is 207. The summed E-state index contributed by atoms with van der Waals surface area (Å²) in [6, 6.07) is 0. The van der Waals surface area contributed by atoms with Gasteiger partial charge in [0.15, 0.2) is 0 Å². The number of hydrogen-bond donors (Lipinski definition) is 2. The van der Waals surface area contributed by atoms with Crippen molar-refractivity contribution in [2.75, 3.05) is 39.8 Å². The Balaban J connectivity index is 1.65. The molecule has 0 radical (unpaired) electrons. The number of nitrogens with zero attached hydrogens (tertiary/aromatic N) is 1. The van der Waals surface area contributed by atoms with Crippen LogP contribution in [0.25, 0.3) is 0 Å². The molecule has 0 spiro atoms. The van der Waals surface area contributed by atoms with Crippen LogP contribution in [0, 0.1) is 11.8 Å². The van der Waals surface area contributed by atoms with E-state index in [1.807, 2.05) is 0 Å². The lowest BCUT2D eigenvalue weighted by molar-refractivity contribution is -0.129. The second-order valence-corrected chi connectivity index (χ2v) is 4.39. The van der Waals surface area contributed by atoms with Crippen molar-refractivity contribution in [3.63, 3.8) is 0 Å². The van der Waals surface area contributed by atoms with Crippen LogP contribution in [0.4, 0.5) is 0 Å². The summed E-state index contributed by atoms with van der Waals surface area (Å²) in [4.78, 5) is 13.6. The van der Waals surface area contributed by atoms with Crippen molar-refractivity contribution >= 4 is 5.91 Å². The zero-order chi connectivity index (χ0) is 9.97. The van der Waals surface area contributed by atoms with Crippen molar-refractivity contribution in [3.05, 3.63) is 0 Å². The maximum absolute atomic E-state index is 11.2. The molecule has 0 aromatic heterocycles.